The Bertz CT molecular complexity index is 776. The summed E-state index contributed by atoms with van der Waals surface area (Å²) in [4.78, 5) is 17.5. The average Bonchev–Trinajstić information content (AvgIpc) is 3.02. The van der Waals surface area contributed by atoms with Gasteiger partial charge in [0.2, 0.25) is 6.41 Å². The summed E-state index contributed by atoms with van der Waals surface area (Å²) >= 11 is 1.61. The van der Waals surface area contributed by atoms with Crippen LogP contribution < -0.4 is 0 Å². The van der Waals surface area contributed by atoms with Crippen molar-refractivity contribution in [1.29, 1.82) is 0 Å². The number of benzene rings is 2. The molecule has 0 bridgehead atoms. The molecule has 0 radical (unpaired) electrons. The SMILES string of the molecule is CCCN(C=O)Cc1nc(-c2cccc3ccccc23)cs1. The number of carbonyl (C=O) groups excluding carboxylic acids is 1. The summed E-state index contributed by atoms with van der Waals surface area (Å²) in [7, 11) is 0. The van der Waals surface area contributed by atoms with Crippen molar-refractivity contribution in [3.63, 3.8) is 0 Å². The molecule has 3 nitrogen and oxygen atoms in total. The molecule has 0 aliphatic rings. The molecule has 22 heavy (non-hydrogen) atoms. The predicted molar refractivity (Wildman–Crippen MR) is 91.8 cm³/mol. The third-order valence-electron chi connectivity index (χ3n) is 3.62. The first-order chi connectivity index (χ1) is 10.8. The van der Waals surface area contributed by atoms with Crippen LogP contribution in [0.15, 0.2) is 47.8 Å². The highest BCUT2D eigenvalue weighted by molar-refractivity contribution is 7.09. The van der Waals surface area contributed by atoms with E-state index in [9.17, 15) is 4.79 Å². The van der Waals surface area contributed by atoms with Gasteiger partial charge in [0.1, 0.15) is 5.01 Å². The number of hydrogen-bond donors (Lipinski definition) is 0. The lowest BCUT2D eigenvalue weighted by Crippen LogP contribution is -2.21. The van der Waals surface area contributed by atoms with Gasteiger partial charge < -0.3 is 4.90 Å². The minimum absolute atomic E-state index is 0.590. The normalized spacial score (nSPS) is 10.8. The van der Waals surface area contributed by atoms with Crippen LogP contribution in [-0.4, -0.2) is 22.8 Å². The summed E-state index contributed by atoms with van der Waals surface area (Å²) in [5.41, 5.74) is 2.13. The molecule has 0 spiro atoms. The van der Waals surface area contributed by atoms with Crippen LogP contribution in [0.4, 0.5) is 0 Å². The van der Waals surface area contributed by atoms with Gasteiger partial charge in [-0.05, 0) is 17.2 Å². The molecule has 4 heteroatoms. The summed E-state index contributed by atoms with van der Waals surface area (Å²) in [6.07, 6.45) is 1.86. The number of thiazole rings is 1. The highest BCUT2D eigenvalue weighted by atomic mass is 32.1. The van der Waals surface area contributed by atoms with Crippen molar-refractivity contribution in [2.75, 3.05) is 6.54 Å². The molecule has 0 unspecified atom stereocenters. The summed E-state index contributed by atoms with van der Waals surface area (Å²) in [5, 5.41) is 5.48. The minimum atomic E-state index is 0.590. The van der Waals surface area contributed by atoms with Gasteiger partial charge in [-0.25, -0.2) is 4.98 Å². The summed E-state index contributed by atoms with van der Waals surface area (Å²) in [6, 6.07) is 14.6. The zero-order valence-electron chi connectivity index (χ0n) is 12.5. The molecule has 1 aromatic heterocycles. The second-order valence-corrected chi connectivity index (χ2v) is 6.17. The van der Waals surface area contributed by atoms with Crippen LogP contribution in [0.3, 0.4) is 0 Å². The fourth-order valence-electron chi connectivity index (χ4n) is 2.59. The molecule has 2 aromatic carbocycles. The van der Waals surface area contributed by atoms with E-state index in [0.717, 1.165) is 35.6 Å². The number of fused-ring (bicyclic) bond motifs is 1. The van der Waals surface area contributed by atoms with Gasteiger partial charge in [0.15, 0.2) is 0 Å². The fraction of sp³-hybridized carbons (Fsp3) is 0.222. The third-order valence-corrected chi connectivity index (χ3v) is 4.45. The average molecular weight is 310 g/mol. The highest BCUT2D eigenvalue weighted by Gasteiger charge is 2.10. The zero-order chi connectivity index (χ0) is 15.4. The molecular formula is C18H18N2OS. The van der Waals surface area contributed by atoms with Gasteiger partial charge in [0.05, 0.1) is 12.2 Å². The van der Waals surface area contributed by atoms with E-state index >= 15 is 0 Å². The third kappa shape index (κ3) is 3.02. The molecule has 3 rings (SSSR count). The summed E-state index contributed by atoms with van der Waals surface area (Å²) in [5.74, 6) is 0. The number of amides is 1. The van der Waals surface area contributed by atoms with E-state index in [1.807, 2.05) is 6.07 Å². The fourth-order valence-corrected chi connectivity index (χ4v) is 3.40. The summed E-state index contributed by atoms with van der Waals surface area (Å²) in [6.45, 7) is 3.43. The van der Waals surface area contributed by atoms with Crippen molar-refractivity contribution in [3.05, 3.63) is 52.9 Å². The monoisotopic (exact) mass is 310 g/mol. The Hall–Kier alpha value is -2.20. The zero-order valence-corrected chi connectivity index (χ0v) is 13.3. The van der Waals surface area contributed by atoms with E-state index in [1.54, 1.807) is 16.2 Å². The minimum Gasteiger partial charge on any atom is -0.339 e. The van der Waals surface area contributed by atoms with Gasteiger partial charge in [-0.3, -0.25) is 4.79 Å². The maximum atomic E-state index is 11.1. The van der Waals surface area contributed by atoms with E-state index < -0.39 is 0 Å². The van der Waals surface area contributed by atoms with E-state index in [0.29, 0.717) is 6.54 Å². The quantitative estimate of drug-likeness (QED) is 0.635. The number of nitrogens with zero attached hydrogens (tertiary/aromatic N) is 2. The molecule has 0 aliphatic heterocycles. The lowest BCUT2D eigenvalue weighted by molar-refractivity contribution is -0.118. The van der Waals surface area contributed by atoms with Crippen LogP contribution >= 0.6 is 11.3 Å². The van der Waals surface area contributed by atoms with Gasteiger partial charge >= 0.3 is 0 Å². The van der Waals surface area contributed by atoms with Crippen molar-refractivity contribution in [1.82, 2.24) is 9.88 Å². The Balaban J connectivity index is 1.91. The Morgan fingerprint density at radius 1 is 1.18 bits per heavy atom. The molecule has 0 saturated carbocycles. The molecule has 1 heterocycles. The highest BCUT2D eigenvalue weighted by Crippen LogP contribution is 2.29. The van der Waals surface area contributed by atoms with Crippen molar-refractivity contribution < 1.29 is 4.79 Å². The second kappa shape index (κ2) is 6.71. The smallest absolute Gasteiger partial charge is 0.210 e. The lowest BCUT2D eigenvalue weighted by Gasteiger charge is -2.13. The van der Waals surface area contributed by atoms with Crippen molar-refractivity contribution in [3.8, 4) is 11.3 Å². The van der Waals surface area contributed by atoms with Crippen LogP contribution in [0.5, 0.6) is 0 Å². The molecule has 3 aromatic rings. The Morgan fingerprint density at radius 3 is 2.82 bits per heavy atom. The molecule has 0 aliphatic carbocycles. The first kappa shape index (κ1) is 14.7. The van der Waals surface area contributed by atoms with Gasteiger partial charge in [-0.15, -0.1) is 11.3 Å². The molecule has 0 atom stereocenters. The number of rotatable bonds is 6. The number of aromatic nitrogens is 1. The Morgan fingerprint density at radius 2 is 2.00 bits per heavy atom. The standard InChI is InChI=1S/C18H18N2OS/c1-2-10-20(13-21)11-18-19-17(12-22-18)16-9-5-7-14-6-3-4-8-15(14)16/h3-9,12-13H,2,10-11H2,1H3. The van der Waals surface area contributed by atoms with E-state index in [1.165, 1.54) is 10.8 Å². The number of carbonyl (C=O) groups is 1. The molecule has 0 N–H and O–H groups in total. The van der Waals surface area contributed by atoms with Gasteiger partial charge in [-0.1, -0.05) is 49.4 Å². The molecule has 0 saturated heterocycles. The van der Waals surface area contributed by atoms with Gasteiger partial charge in [-0.2, -0.15) is 0 Å². The van der Waals surface area contributed by atoms with E-state index in [-0.39, 0.29) is 0 Å². The van der Waals surface area contributed by atoms with Crippen LogP contribution in [0, 0.1) is 0 Å². The van der Waals surface area contributed by atoms with Crippen LogP contribution in [0.25, 0.3) is 22.0 Å². The van der Waals surface area contributed by atoms with Crippen LogP contribution in [-0.2, 0) is 11.3 Å². The van der Waals surface area contributed by atoms with E-state index in [4.69, 9.17) is 4.98 Å². The van der Waals surface area contributed by atoms with Crippen molar-refractivity contribution >= 4 is 28.5 Å². The van der Waals surface area contributed by atoms with Gasteiger partial charge in [0, 0.05) is 17.5 Å². The molecule has 0 fully saturated rings. The predicted octanol–water partition coefficient (Wildman–Crippen LogP) is 4.33. The first-order valence-electron chi connectivity index (χ1n) is 7.43. The second-order valence-electron chi connectivity index (χ2n) is 5.23. The van der Waals surface area contributed by atoms with E-state index in [2.05, 4.69) is 48.7 Å². The van der Waals surface area contributed by atoms with Crippen molar-refractivity contribution in [2.24, 2.45) is 0 Å². The molecular weight excluding hydrogens is 292 g/mol. The van der Waals surface area contributed by atoms with Crippen molar-refractivity contribution in [2.45, 2.75) is 19.9 Å². The number of hydrogen-bond acceptors (Lipinski definition) is 3. The maximum absolute atomic E-state index is 11.1. The van der Waals surface area contributed by atoms with Crippen LogP contribution in [0.1, 0.15) is 18.4 Å². The largest absolute Gasteiger partial charge is 0.339 e. The Labute approximate surface area is 134 Å². The van der Waals surface area contributed by atoms with Crippen LogP contribution in [0.2, 0.25) is 0 Å². The lowest BCUT2D eigenvalue weighted by atomic mass is 10.0. The maximum Gasteiger partial charge on any atom is 0.210 e. The Kier molecular flexibility index (Phi) is 4.49. The molecule has 112 valence electrons. The molecule has 1 amide bonds. The summed E-state index contributed by atoms with van der Waals surface area (Å²) < 4.78 is 0. The topological polar surface area (TPSA) is 33.2 Å². The first-order valence-corrected chi connectivity index (χ1v) is 8.31. The van der Waals surface area contributed by atoms with Gasteiger partial charge in [0.25, 0.3) is 0 Å².